The molecular formula is C25H19F3N4O3. The number of urea groups is 1. The molecule has 0 unspecified atom stereocenters. The van der Waals surface area contributed by atoms with Gasteiger partial charge in [0, 0.05) is 35.6 Å². The number of benzene rings is 2. The van der Waals surface area contributed by atoms with E-state index in [1.165, 1.54) is 16.7 Å². The number of hydrogen-bond acceptors (Lipinski definition) is 4. The second-order valence-electron chi connectivity index (χ2n) is 7.96. The van der Waals surface area contributed by atoms with Crippen molar-refractivity contribution in [2.75, 3.05) is 5.32 Å². The van der Waals surface area contributed by atoms with Crippen LogP contribution in [0.1, 0.15) is 21.6 Å². The Morgan fingerprint density at radius 2 is 1.66 bits per heavy atom. The molecule has 0 saturated carbocycles. The van der Waals surface area contributed by atoms with Gasteiger partial charge >= 0.3 is 6.03 Å². The number of nitrogens with one attached hydrogen (secondary N) is 2. The van der Waals surface area contributed by atoms with Crippen LogP contribution in [0, 0.1) is 31.3 Å². The van der Waals surface area contributed by atoms with E-state index in [2.05, 4.69) is 10.3 Å². The smallest absolute Gasteiger partial charge is 0.311 e. The van der Waals surface area contributed by atoms with E-state index in [1.54, 1.807) is 43.7 Å². The van der Waals surface area contributed by atoms with Gasteiger partial charge in [0.25, 0.3) is 11.5 Å². The summed E-state index contributed by atoms with van der Waals surface area (Å²) in [7, 11) is 1.65. The first kappa shape index (κ1) is 23.7. The van der Waals surface area contributed by atoms with Gasteiger partial charge in [-0.3, -0.25) is 19.9 Å². The normalized spacial score (nSPS) is 10.9. The molecule has 10 heteroatoms. The van der Waals surface area contributed by atoms with Crippen molar-refractivity contribution in [1.82, 2.24) is 14.9 Å². The highest BCUT2D eigenvalue weighted by Crippen LogP contribution is 2.27. The molecule has 0 radical (unpaired) electrons. The van der Waals surface area contributed by atoms with E-state index in [-0.39, 0.29) is 11.2 Å². The topological polar surface area (TPSA) is 93.1 Å². The summed E-state index contributed by atoms with van der Waals surface area (Å²) in [6.07, 6.45) is 1.66. The molecule has 2 aromatic heterocycles. The third-order valence-corrected chi connectivity index (χ3v) is 5.53. The van der Waals surface area contributed by atoms with Crippen molar-refractivity contribution in [2.45, 2.75) is 13.8 Å². The molecule has 2 heterocycles. The Labute approximate surface area is 197 Å². The summed E-state index contributed by atoms with van der Waals surface area (Å²) in [5.74, 6) is -5.90. The molecule has 178 valence electrons. The lowest BCUT2D eigenvalue weighted by Crippen LogP contribution is -2.35. The van der Waals surface area contributed by atoms with E-state index in [0.717, 1.165) is 16.6 Å². The average molecular weight is 480 g/mol. The Kier molecular flexibility index (Phi) is 6.12. The Hall–Kier alpha value is -4.47. The molecule has 2 aromatic carbocycles. The molecule has 4 aromatic rings. The SMILES string of the molecule is Cc1cc2c(cn1)cc(-c1cc(NC(=O)NC(=O)c3c(F)ccc(F)c3F)ccc1C)c(=O)n2C. The van der Waals surface area contributed by atoms with Gasteiger partial charge in [0.05, 0.1) is 5.52 Å². The zero-order valence-electron chi connectivity index (χ0n) is 18.9. The van der Waals surface area contributed by atoms with Gasteiger partial charge in [-0.1, -0.05) is 6.07 Å². The summed E-state index contributed by atoms with van der Waals surface area (Å²) in [5.41, 5.74) is 1.85. The summed E-state index contributed by atoms with van der Waals surface area (Å²) in [4.78, 5) is 41.8. The van der Waals surface area contributed by atoms with Crippen LogP contribution in [0.4, 0.5) is 23.7 Å². The number of rotatable bonds is 3. The third kappa shape index (κ3) is 4.50. The van der Waals surface area contributed by atoms with Crippen molar-refractivity contribution in [1.29, 1.82) is 0 Å². The molecule has 7 nitrogen and oxygen atoms in total. The van der Waals surface area contributed by atoms with Crippen LogP contribution < -0.4 is 16.2 Å². The molecule has 0 bridgehead atoms. The Morgan fingerprint density at radius 3 is 2.40 bits per heavy atom. The van der Waals surface area contributed by atoms with E-state index in [0.29, 0.717) is 28.8 Å². The summed E-state index contributed by atoms with van der Waals surface area (Å²) in [6.45, 7) is 3.61. The lowest BCUT2D eigenvalue weighted by atomic mass is 9.99. The number of carbonyl (C=O) groups excluding carboxylic acids is 2. The van der Waals surface area contributed by atoms with Crippen molar-refractivity contribution in [3.8, 4) is 11.1 Å². The van der Waals surface area contributed by atoms with Gasteiger partial charge < -0.3 is 9.88 Å². The number of hydrogen-bond donors (Lipinski definition) is 2. The number of halogens is 3. The third-order valence-electron chi connectivity index (χ3n) is 5.53. The number of aromatic nitrogens is 2. The van der Waals surface area contributed by atoms with Gasteiger partial charge in [-0.25, -0.2) is 18.0 Å². The van der Waals surface area contributed by atoms with E-state index in [4.69, 9.17) is 0 Å². The second-order valence-corrected chi connectivity index (χ2v) is 7.96. The van der Waals surface area contributed by atoms with Crippen molar-refractivity contribution < 1.29 is 22.8 Å². The first-order chi connectivity index (χ1) is 16.6. The second kappa shape index (κ2) is 9.05. The number of amides is 3. The maximum Gasteiger partial charge on any atom is 0.326 e. The van der Waals surface area contributed by atoms with E-state index in [1.807, 2.05) is 6.92 Å². The van der Waals surface area contributed by atoms with E-state index in [9.17, 15) is 27.6 Å². The summed E-state index contributed by atoms with van der Waals surface area (Å²) in [5, 5.41) is 4.89. The number of fused-ring (bicyclic) bond motifs is 1. The van der Waals surface area contributed by atoms with Gasteiger partial charge in [-0.05, 0) is 61.4 Å². The fraction of sp³-hybridized carbons (Fsp3) is 0.120. The fourth-order valence-corrected chi connectivity index (χ4v) is 3.71. The first-order valence-corrected chi connectivity index (χ1v) is 10.4. The highest BCUT2D eigenvalue weighted by atomic mass is 19.2. The van der Waals surface area contributed by atoms with Crippen LogP contribution in [0.5, 0.6) is 0 Å². The number of nitrogens with zero attached hydrogens (tertiary/aromatic N) is 2. The lowest BCUT2D eigenvalue weighted by molar-refractivity contribution is 0.0957. The predicted octanol–water partition coefficient (Wildman–Crippen LogP) is 4.60. The molecule has 35 heavy (non-hydrogen) atoms. The van der Waals surface area contributed by atoms with Crippen LogP contribution in [0.25, 0.3) is 22.0 Å². The Bertz CT molecular complexity index is 1580. The standard InChI is InChI=1S/C25H19F3N4O3/c1-12-4-5-15(30-25(35)31-23(33)21-18(26)6-7-19(27)22(21)28)10-16(12)17-9-14-11-29-13(2)8-20(14)32(3)24(17)34/h4-11H,1-3H3,(H2,30,31,33,35). The van der Waals surface area contributed by atoms with Gasteiger partial charge in [-0.15, -0.1) is 0 Å². The Morgan fingerprint density at radius 1 is 0.943 bits per heavy atom. The molecule has 0 aliphatic rings. The van der Waals surface area contributed by atoms with Crippen molar-refractivity contribution in [2.24, 2.45) is 7.05 Å². The molecule has 0 fully saturated rings. The van der Waals surface area contributed by atoms with Crippen molar-refractivity contribution in [3.05, 3.63) is 93.3 Å². The maximum atomic E-state index is 13.8. The molecule has 3 amide bonds. The van der Waals surface area contributed by atoms with Crippen LogP contribution in [0.15, 0.2) is 53.5 Å². The van der Waals surface area contributed by atoms with Crippen LogP contribution in [-0.2, 0) is 7.05 Å². The van der Waals surface area contributed by atoms with Crippen molar-refractivity contribution >= 4 is 28.5 Å². The lowest BCUT2D eigenvalue weighted by Gasteiger charge is -2.13. The predicted molar refractivity (Wildman–Crippen MR) is 125 cm³/mol. The highest BCUT2D eigenvalue weighted by molar-refractivity contribution is 6.08. The van der Waals surface area contributed by atoms with Gasteiger partial charge in [0.2, 0.25) is 0 Å². The first-order valence-electron chi connectivity index (χ1n) is 10.4. The largest absolute Gasteiger partial charge is 0.326 e. The molecule has 0 aliphatic carbocycles. The van der Waals surface area contributed by atoms with Gasteiger partial charge in [0.15, 0.2) is 11.6 Å². The monoisotopic (exact) mass is 480 g/mol. The molecule has 0 saturated heterocycles. The molecule has 0 atom stereocenters. The van der Waals surface area contributed by atoms with Crippen LogP contribution in [0.3, 0.4) is 0 Å². The summed E-state index contributed by atoms with van der Waals surface area (Å²) >= 11 is 0. The Balaban J connectivity index is 1.64. The summed E-state index contributed by atoms with van der Waals surface area (Å²) in [6, 6.07) is 8.25. The number of aryl methyl sites for hydroxylation is 3. The molecular weight excluding hydrogens is 461 g/mol. The quantitative estimate of drug-likeness (QED) is 0.420. The van der Waals surface area contributed by atoms with E-state index >= 15 is 0 Å². The minimum atomic E-state index is -1.70. The summed E-state index contributed by atoms with van der Waals surface area (Å²) < 4.78 is 42.5. The van der Waals surface area contributed by atoms with Crippen LogP contribution in [-0.4, -0.2) is 21.5 Å². The van der Waals surface area contributed by atoms with Gasteiger partial charge in [0.1, 0.15) is 11.4 Å². The van der Waals surface area contributed by atoms with E-state index < -0.39 is 35.0 Å². The zero-order chi connectivity index (χ0) is 25.4. The number of pyridine rings is 2. The molecule has 0 spiro atoms. The molecule has 4 rings (SSSR count). The number of anilines is 1. The van der Waals surface area contributed by atoms with Crippen molar-refractivity contribution in [3.63, 3.8) is 0 Å². The number of imide groups is 1. The van der Waals surface area contributed by atoms with Crippen LogP contribution in [0.2, 0.25) is 0 Å². The molecule has 2 N–H and O–H groups in total. The average Bonchev–Trinajstić information content (AvgIpc) is 2.80. The minimum Gasteiger partial charge on any atom is -0.311 e. The maximum absolute atomic E-state index is 13.8. The minimum absolute atomic E-state index is 0.209. The highest BCUT2D eigenvalue weighted by Gasteiger charge is 2.22. The fourth-order valence-electron chi connectivity index (χ4n) is 3.71. The molecule has 0 aliphatic heterocycles. The zero-order valence-corrected chi connectivity index (χ0v) is 18.9. The van der Waals surface area contributed by atoms with Crippen LogP contribution >= 0.6 is 0 Å². The van der Waals surface area contributed by atoms with Gasteiger partial charge in [-0.2, -0.15) is 0 Å². The number of carbonyl (C=O) groups is 2.